The van der Waals surface area contributed by atoms with Gasteiger partial charge in [0.05, 0.1) is 0 Å². The van der Waals surface area contributed by atoms with Crippen molar-refractivity contribution in [2.24, 2.45) is 0 Å². The molecular weight excluding hydrogens is 240 g/mol. The van der Waals surface area contributed by atoms with Crippen molar-refractivity contribution in [3.05, 3.63) is 90.5 Å². The van der Waals surface area contributed by atoms with Crippen LogP contribution in [0, 0.1) is 0 Å². The smallest absolute Gasteiger partial charge is 0.0115 e. The van der Waals surface area contributed by atoms with E-state index in [0.717, 1.165) is 29.5 Å². The first-order chi connectivity index (χ1) is 9.76. The molecule has 0 heterocycles. The molecule has 0 unspecified atom stereocenters. The van der Waals surface area contributed by atoms with Crippen LogP contribution < -0.4 is 0 Å². The third-order valence-electron chi connectivity index (χ3n) is 3.50. The van der Waals surface area contributed by atoms with Gasteiger partial charge in [-0.2, -0.15) is 0 Å². The molecule has 0 N–H and O–H groups in total. The summed E-state index contributed by atoms with van der Waals surface area (Å²) in [4.78, 5) is 0. The third kappa shape index (κ3) is 3.16. The predicted octanol–water partition coefficient (Wildman–Crippen LogP) is 5.62. The van der Waals surface area contributed by atoms with Crippen molar-refractivity contribution < 1.29 is 0 Å². The first kappa shape index (κ1) is 14.1. The van der Waals surface area contributed by atoms with E-state index in [2.05, 4.69) is 56.1 Å². The topological polar surface area (TPSA) is 0 Å². The number of allylic oxidation sites excluding steroid dienone is 1. The summed E-state index contributed by atoms with van der Waals surface area (Å²) >= 11 is 0. The Bertz CT molecular complexity index is 618. The molecule has 0 heteroatoms. The summed E-state index contributed by atoms with van der Waals surface area (Å²) in [6.07, 6.45) is 5.71. The van der Waals surface area contributed by atoms with Crippen molar-refractivity contribution in [2.75, 3.05) is 0 Å². The summed E-state index contributed by atoms with van der Waals surface area (Å²) in [5.41, 5.74) is 5.90. The molecule has 0 aliphatic carbocycles. The van der Waals surface area contributed by atoms with Gasteiger partial charge < -0.3 is 0 Å². The maximum atomic E-state index is 4.24. The first-order valence-electron chi connectivity index (χ1n) is 6.86. The maximum Gasteiger partial charge on any atom is -0.0115 e. The molecule has 0 fully saturated rings. The van der Waals surface area contributed by atoms with E-state index in [1.54, 1.807) is 0 Å². The van der Waals surface area contributed by atoms with Crippen molar-refractivity contribution in [3.8, 4) is 0 Å². The van der Waals surface area contributed by atoms with Crippen molar-refractivity contribution in [3.63, 3.8) is 0 Å². The zero-order chi connectivity index (χ0) is 14.4. The van der Waals surface area contributed by atoms with Gasteiger partial charge in [0.15, 0.2) is 0 Å². The monoisotopic (exact) mass is 260 g/mol. The van der Waals surface area contributed by atoms with Crippen LogP contribution in [0.2, 0.25) is 0 Å². The standard InChI is InChI=1S/C20H20/c1-4-18-12-9-13-20(19(18)5-2)16(3)14-15-17-10-7-6-8-11-17/h4-13H,1-3,14-15H2. The SMILES string of the molecule is C=Cc1cccc(C(=C)CCc2ccccc2)c1C=C. The van der Waals surface area contributed by atoms with E-state index >= 15 is 0 Å². The van der Waals surface area contributed by atoms with Gasteiger partial charge in [-0.15, -0.1) is 0 Å². The Balaban J connectivity index is 2.17. The second-order valence-corrected chi connectivity index (χ2v) is 4.81. The van der Waals surface area contributed by atoms with Crippen LogP contribution in [0.25, 0.3) is 17.7 Å². The molecule has 0 atom stereocenters. The van der Waals surface area contributed by atoms with Gasteiger partial charge in [-0.05, 0) is 40.7 Å². The molecule has 2 aromatic rings. The Morgan fingerprint density at radius 2 is 1.65 bits per heavy atom. The minimum absolute atomic E-state index is 0.950. The summed E-state index contributed by atoms with van der Waals surface area (Å²) in [6, 6.07) is 16.7. The van der Waals surface area contributed by atoms with Crippen LogP contribution in [0.5, 0.6) is 0 Å². The molecule has 0 saturated heterocycles. The molecule has 0 aliphatic heterocycles. The van der Waals surface area contributed by atoms with Crippen LogP contribution in [-0.2, 0) is 6.42 Å². The van der Waals surface area contributed by atoms with Crippen molar-refractivity contribution in [1.29, 1.82) is 0 Å². The summed E-state index contributed by atoms with van der Waals surface area (Å²) in [7, 11) is 0. The van der Waals surface area contributed by atoms with E-state index in [9.17, 15) is 0 Å². The summed E-state index contributed by atoms with van der Waals surface area (Å²) in [6.45, 7) is 12.0. The average Bonchev–Trinajstić information content (AvgIpc) is 2.52. The van der Waals surface area contributed by atoms with Crippen LogP contribution >= 0.6 is 0 Å². The van der Waals surface area contributed by atoms with Crippen LogP contribution in [-0.4, -0.2) is 0 Å². The quantitative estimate of drug-likeness (QED) is 0.632. The van der Waals surface area contributed by atoms with Gasteiger partial charge >= 0.3 is 0 Å². The molecule has 0 spiro atoms. The Labute approximate surface area is 121 Å². The molecule has 100 valence electrons. The zero-order valence-electron chi connectivity index (χ0n) is 11.8. The van der Waals surface area contributed by atoms with E-state index in [1.165, 1.54) is 11.1 Å². The number of aryl methyl sites for hydroxylation is 1. The number of benzene rings is 2. The highest BCUT2D eigenvalue weighted by atomic mass is 14.1. The minimum atomic E-state index is 0.950. The molecule has 0 saturated carbocycles. The molecule has 0 nitrogen and oxygen atoms in total. The Morgan fingerprint density at radius 3 is 2.30 bits per heavy atom. The van der Waals surface area contributed by atoms with Gasteiger partial charge in [0.25, 0.3) is 0 Å². The van der Waals surface area contributed by atoms with Gasteiger partial charge in [0.2, 0.25) is 0 Å². The van der Waals surface area contributed by atoms with Gasteiger partial charge in [-0.25, -0.2) is 0 Å². The third-order valence-corrected chi connectivity index (χ3v) is 3.50. The molecule has 0 aliphatic rings. The van der Waals surface area contributed by atoms with E-state index in [1.807, 2.05) is 24.3 Å². The van der Waals surface area contributed by atoms with E-state index in [4.69, 9.17) is 0 Å². The number of hydrogen-bond donors (Lipinski definition) is 0. The fourth-order valence-corrected chi connectivity index (χ4v) is 2.37. The summed E-state index contributed by atoms with van der Waals surface area (Å²) in [5.74, 6) is 0. The highest BCUT2D eigenvalue weighted by Gasteiger charge is 2.06. The Hall–Kier alpha value is -2.34. The first-order valence-corrected chi connectivity index (χ1v) is 6.86. The molecule has 0 amide bonds. The molecule has 2 rings (SSSR count). The Kier molecular flexibility index (Phi) is 4.73. The normalized spacial score (nSPS) is 10.0. The Morgan fingerprint density at radius 1 is 0.900 bits per heavy atom. The summed E-state index contributed by atoms with van der Waals surface area (Å²) < 4.78 is 0. The zero-order valence-corrected chi connectivity index (χ0v) is 11.8. The van der Waals surface area contributed by atoms with Crippen molar-refractivity contribution >= 4 is 17.7 Å². The lowest BCUT2D eigenvalue weighted by Crippen LogP contribution is -1.93. The van der Waals surface area contributed by atoms with Gasteiger partial charge in [0, 0.05) is 0 Å². The van der Waals surface area contributed by atoms with E-state index in [0.29, 0.717) is 0 Å². The van der Waals surface area contributed by atoms with Crippen LogP contribution in [0.15, 0.2) is 68.3 Å². The van der Waals surface area contributed by atoms with Crippen molar-refractivity contribution in [2.45, 2.75) is 12.8 Å². The summed E-state index contributed by atoms with van der Waals surface area (Å²) in [5, 5.41) is 0. The molecule has 2 aromatic carbocycles. The lowest BCUT2D eigenvalue weighted by Gasteiger charge is -2.12. The average molecular weight is 260 g/mol. The lowest BCUT2D eigenvalue weighted by molar-refractivity contribution is 1.02. The number of rotatable bonds is 6. The van der Waals surface area contributed by atoms with Crippen LogP contribution in [0.1, 0.15) is 28.7 Å². The van der Waals surface area contributed by atoms with E-state index < -0.39 is 0 Å². The largest absolute Gasteiger partial charge is 0.0984 e. The van der Waals surface area contributed by atoms with E-state index in [-0.39, 0.29) is 0 Å². The van der Waals surface area contributed by atoms with Crippen molar-refractivity contribution in [1.82, 2.24) is 0 Å². The molecule has 20 heavy (non-hydrogen) atoms. The lowest BCUT2D eigenvalue weighted by atomic mass is 9.93. The highest BCUT2D eigenvalue weighted by molar-refractivity contribution is 5.78. The van der Waals surface area contributed by atoms with Gasteiger partial charge in [-0.1, -0.05) is 80.4 Å². The molecule has 0 bridgehead atoms. The second kappa shape index (κ2) is 6.72. The van der Waals surface area contributed by atoms with Crippen LogP contribution in [0.3, 0.4) is 0 Å². The predicted molar refractivity (Wildman–Crippen MR) is 90.4 cm³/mol. The maximum absolute atomic E-state index is 4.24. The molecule has 0 radical (unpaired) electrons. The van der Waals surface area contributed by atoms with Gasteiger partial charge in [0.1, 0.15) is 0 Å². The van der Waals surface area contributed by atoms with Gasteiger partial charge in [-0.3, -0.25) is 0 Å². The second-order valence-electron chi connectivity index (χ2n) is 4.81. The fourth-order valence-electron chi connectivity index (χ4n) is 2.37. The highest BCUT2D eigenvalue weighted by Crippen LogP contribution is 2.26. The molecular formula is C20H20. The minimum Gasteiger partial charge on any atom is -0.0984 e. The van der Waals surface area contributed by atoms with Crippen LogP contribution in [0.4, 0.5) is 0 Å². The molecule has 0 aromatic heterocycles. The number of hydrogen-bond acceptors (Lipinski definition) is 0. The fraction of sp³-hybridized carbons (Fsp3) is 0.100.